The van der Waals surface area contributed by atoms with E-state index in [1.807, 2.05) is 6.08 Å². The van der Waals surface area contributed by atoms with E-state index in [1.54, 1.807) is 12.0 Å². The molecule has 1 aliphatic heterocycles. The fraction of sp³-hybridized carbons (Fsp3) is 0.385. The molecule has 6 nitrogen and oxygen atoms in total. The van der Waals surface area contributed by atoms with Crippen molar-refractivity contribution in [2.75, 3.05) is 26.8 Å². The van der Waals surface area contributed by atoms with Gasteiger partial charge in [0.2, 0.25) is 5.76 Å². The van der Waals surface area contributed by atoms with Gasteiger partial charge in [0, 0.05) is 20.2 Å². The number of carbonyl (C=O) groups excluding carboxylic acids is 1. The van der Waals surface area contributed by atoms with Crippen molar-refractivity contribution < 1.29 is 23.8 Å². The number of aromatic carboxylic acids is 1. The highest BCUT2D eigenvalue weighted by Crippen LogP contribution is 2.16. The Balaban J connectivity index is 2.02. The van der Waals surface area contributed by atoms with Crippen molar-refractivity contribution in [3.05, 3.63) is 35.3 Å². The second kappa shape index (κ2) is 5.71. The van der Waals surface area contributed by atoms with Gasteiger partial charge in [0.05, 0.1) is 6.61 Å². The topological polar surface area (TPSA) is 80.0 Å². The SMILES string of the molecule is COCC1=CCN(C(=O)c2ccc(C(=O)O)o2)CC1. The number of furan rings is 1. The molecule has 0 saturated carbocycles. The summed E-state index contributed by atoms with van der Waals surface area (Å²) in [7, 11) is 1.63. The summed E-state index contributed by atoms with van der Waals surface area (Å²) < 4.78 is 10.0. The molecule has 1 aromatic rings. The largest absolute Gasteiger partial charge is 0.475 e. The highest BCUT2D eigenvalue weighted by atomic mass is 16.5. The Bertz CT molecular complexity index is 517. The first-order chi connectivity index (χ1) is 9.11. The number of methoxy groups -OCH3 is 1. The Morgan fingerprint density at radius 2 is 2.16 bits per heavy atom. The van der Waals surface area contributed by atoms with Crippen molar-refractivity contribution in [3.63, 3.8) is 0 Å². The van der Waals surface area contributed by atoms with E-state index >= 15 is 0 Å². The van der Waals surface area contributed by atoms with Crippen LogP contribution in [0.5, 0.6) is 0 Å². The Morgan fingerprint density at radius 3 is 2.68 bits per heavy atom. The zero-order valence-corrected chi connectivity index (χ0v) is 10.6. The van der Waals surface area contributed by atoms with E-state index in [1.165, 1.54) is 12.1 Å². The number of rotatable bonds is 4. The molecule has 0 atom stereocenters. The molecule has 1 aromatic heterocycles. The average molecular weight is 265 g/mol. The molecule has 1 aliphatic rings. The average Bonchev–Trinajstić information content (AvgIpc) is 2.89. The normalized spacial score (nSPS) is 15.2. The fourth-order valence-corrected chi connectivity index (χ4v) is 1.94. The van der Waals surface area contributed by atoms with Crippen molar-refractivity contribution in [2.24, 2.45) is 0 Å². The molecule has 0 radical (unpaired) electrons. The second-order valence-electron chi connectivity index (χ2n) is 4.27. The van der Waals surface area contributed by atoms with Crippen LogP contribution >= 0.6 is 0 Å². The van der Waals surface area contributed by atoms with Gasteiger partial charge in [-0.05, 0) is 24.1 Å². The maximum atomic E-state index is 12.1. The van der Waals surface area contributed by atoms with Crippen LogP contribution in [0.4, 0.5) is 0 Å². The molecule has 0 unspecified atom stereocenters. The van der Waals surface area contributed by atoms with Gasteiger partial charge in [-0.25, -0.2) is 4.79 Å². The van der Waals surface area contributed by atoms with Crippen molar-refractivity contribution in [1.82, 2.24) is 4.90 Å². The highest BCUT2D eigenvalue weighted by Gasteiger charge is 2.22. The van der Waals surface area contributed by atoms with Gasteiger partial charge >= 0.3 is 5.97 Å². The maximum Gasteiger partial charge on any atom is 0.371 e. The van der Waals surface area contributed by atoms with Gasteiger partial charge in [-0.1, -0.05) is 6.08 Å². The molecule has 1 N–H and O–H groups in total. The lowest BCUT2D eigenvalue weighted by Gasteiger charge is -2.25. The Morgan fingerprint density at radius 1 is 1.42 bits per heavy atom. The van der Waals surface area contributed by atoms with Crippen molar-refractivity contribution in [2.45, 2.75) is 6.42 Å². The van der Waals surface area contributed by atoms with E-state index < -0.39 is 5.97 Å². The van der Waals surface area contributed by atoms with E-state index in [4.69, 9.17) is 14.3 Å². The van der Waals surface area contributed by atoms with Gasteiger partial charge < -0.3 is 19.2 Å². The predicted octanol–water partition coefficient (Wildman–Crippen LogP) is 1.40. The van der Waals surface area contributed by atoms with Crippen LogP contribution in [0.1, 0.15) is 27.5 Å². The summed E-state index contributed by atoms with van der Waals surface area (Å²) in [5.74, 6) is -1.64. The lowest BCUT2D eigenvalue weighted by molar-refractivity contribution is 0.0651. The summed E-state index contributed by atoms with van der Waals surface area (Å²) in [6.45, 7) is 1.64. The minimum atomic E-state index is -1.18. The van der Waals surface area contributed by atoms with Gasteiger partial charge in [-0.15, -0.1) is 0 Å². The van der Waals surface area contributed by atoms with Gasteiger partial charge in [-0.3, -0.25) is 4.79 Å². The summed E-state index contributed by atoms with van der Waals surface area (Å²) in [6.07, 6.45) is 2.71. The molecule has 2 heterocycles. The molecule has 0 fully saturated rings. The molecule has 6 heteroatoms. The number of carbonyl (C=O) groups is 2. The summed E-state index contributed by atoms with van der Waals surface area (Å²) >= 11 is 0. The minimum absolute atomic E-state index is 0.0565. The Kier molecular flexibility index (Phi) is 4.01. The molecule has 0 spiro atoms. The molecule has 19 heavy (non-hydrogen) atoms. The molecule has 1 amide bonds. The Hall–Kier alpha value is -2.08. The summed E-state index contributed by atoms with van der Waals surface area (Å²) in [5.41, 5.74) is 1.16. The monoisotopic (exact) mass is 265 g/mol. The van der Waals surface area contributed by atoms with Crippen LogP contribution in [-0.4, -0.2) is 48.7 Å². The zero-order chi connectivity index (χ0) is 13.8. The molecule has 102 valence electrons. The summed E-state index contributed by atoms with van der Waals surface area (Å²) in [5, 5.41) is 8.74. The van der Waals surface area contributed by atoms with Gasteiger partial charge in [-0.2, -0.15) is 0 Å². The van der Waals surface area contributed by atoms with Crippen LogP contribution in [-0.2, 0) is 4.74 Å². The van der Waals surface area contributed by atoms with Crippen molar-refractivity contribution in [3.8, 4) is 0 Å². The number of carboxylic acids is 1. The lowest BCUT2D eigenvalue weighted by atomic mass is 10.1. The molecular weight excluding hydrogens is 250 g/mol. The maximum absolute atomic E-state index is 12.1. The van der Waals surface area contributed by atoms with E-state index in [2.05, 4.69) is 0 Å². The third-order valence-corrected chi connectivity index (χ3v) is 2.95. The number of hydrogen-bond donors (Lipinski definition) is 1. The first kappa shape index (κ1) is 13.4. The second-order valence-corrected chi connectivity index (χ2v) is 4.27. The Labute approximate surface area is 110 Å². The minimum Gasteiger partial charge on any atom is -0.475 e. The van der Waals surface area contributed by atoms with Crippen LogP contribution in [0.25, 0.3) is 0 Å². The van der Waals surface area contributed by atoms with Gasteiger partial charge in [0.15, 0.2) is 5.76 Å². The van der Waals surface area contributed by atoms with Gasteiger partial charge in [0.1, 0.15) is 0 Å². The molecular formula is C13H15NO5. The van der Waals surface area contributed by atoms with Crippen LogP contribution in [0.3, 0.4) is 0 Å². The smallest absolute Gasteiger partial charge is 0.371 e. The zero-order valence-electron chi connectivity index (χ0n) is 10.6. The molecule has 0 aromatic carbocycles. The van der Waals surface area contributed by atoms with Gasteiger partial charge in [0.25, 0.3) is 5.91 Å². The standard InChI is InChI=1S/C13H15NO5/c1-18-8-9-4-6-14(7-5-9)12(15)10-2-3-11(19-10)13(16)17/h2-4H,5-8H2,1H3,(H,16,17). The van der Waals surface area contributed by atoms with Crippen LogP contribution in [0, 0.1) is 0 Å². The predicted molar refractivity (Wildman–Crippen MR) is 66.1 cm³/mol. The third kappa shape index (κ3) is 3.03. The van der Waals surface area contributed by atoms with E-state index in [0.29, 0.717) is 19.7 Å². The van der Waals surface area contributed by atoms with Crippen LogP contribution in [0.2, 0.25) is 0 Å². The van der Waals surface area contributed by atoms with Crippen LogP contribution in [0.15, 0.2) is 28.2 Å². The molecule has 0 aliphatic carbocycles. The molecule has 0 saturated heterocycles. The van der Waals surface area contributed by atoms with Crippen molar-refractivity contribution in [1.29, 1.82) is 0 Å². The summed E-state index contributed by atoms with van der Waals surface area (Å²) in [4.78, 5) is 24.4. The van der Waals surface area contributed by atoms with E-state index in [9.17, 15) is 9.59 Å². The number of amides is 1. The molecule has 2 rings (SSSR count). The number of ether oxygens (including phenoxy) is 1. The van der Waals surface area contributed by atoms with E-state index in [-0.39, 0.29) is 17.4 Å². The number of nitrogens with zero attached hydrogens (tertiary/aromatic N) is 1. The van der Waals surface area contributed by atoms with E-state index in [0.717, 1.165) is 12.0 Å². The first-order valence-electron chi connectivity index (χ1n) is 5.91. The fourth-order valence-electron chi connectivity index (χ4n) is 1.94. The lowest BCUT2D eigenvalue weighted by Crippen LogP contribution is -2.35. The van der Waals surface area contributed by atoms with Crippen molar-refractivity contribution >= 4 is 11.9 Å². The highest BCUT2D eigenvalue weighted by molar-refractivity contribution is 5.93. The number of carboxylic acid groups (broad SMARTS) is 1. The molecule has 0 bridgehead atoms. The quantitative estimate of drug-likeness (QED) is 0.832. The number of hydrogen-bond acceptors (Lipinski definition) is 4. The third-order valence-electron chi connectivity index (χ3n) is 2.95. The van der Waals surface area contributed by atoms with Crippen LogP contribution < -0.4 is 0 Å². The summed E-state index contributed by atoms with van der Waals surface area (Å²) in [6, 6.07) is 2.67. The first-order valence-corrected chi connectivity index (χ1v) is 5.91.